The van der Waals surface area contributed by atoms with Gasteiger partial charge in [-0.25, -0.2) is 10.2 Å². The maximum absolute atomic E-state index is 12.3. The number of anilines is 1. The molecular weight excluding hydrogens is 360 g/mol. The summed E-state index contributed by atoms with van der Waals surface area (Å²) in [7, 11) is 3.17. The molecule has 0 saturated carbocycles. The molecule has 9 heteroatoms. The normalized spacial score (nSPS) is 12.1. The fourth-order valence-electron chi connectivity index (χ4n) is 2.74. The van der Waals surface area contributed by atoms with E-state index in [0.29, 0.717) is 18.0 Å². The molecule has 0 aliphatic heterocycles. The van der Waals surface area contributed by atoms with Gasteiger partial charge >= 0.3 is 5.69 Å². The lowest BCUT2D eigenvalue weighted by Gasteiger charge is -2.07. The van der Waals surface area contributed by atoms with Crippen LogP contribution in [0.4, 0.5) is 5.95 Å². The molecule has 0 fully saturated rings. The molecule has 9 nitrogen and oxygen atoms in total. The molecule has 0 bridgehead atoms. The molecule has 2 N–H and O–H groups in total. The molecule has 0 amide bonds. The Hall–Kier alpha value is -3.62. The molecule has 28 heavy (non-hydrogen) atoms. The molecule has 0 spiro atoms. The van der Waals surface area contributed by atoms with Crippen LogP contribution in [0.2, 0.25) is 0 Å². The Morgan fingerprint density at radius 3 is 2.68 bits per heavy atom. The van der Waals surface area contributed by atoms with Gasteiger partial charge < -0.3 is 4.74 Å². The molecule has 0 unspecified atom stereocenters. The Kier molecular flexibility index (Phi) is 5.44. The van der Waals surface area contributed by atoms with Crippen LogP contribution in [0.25, 0.3) is 11.2 Å². The minimum absolute atomic E-state index is 0.290. The van der Waals surface area contributed by atoms with Crippen LogP contribution in [0.1, 0.15) is 19.4 Å². The molecule has 0 atom stereocenters. The fourth-order valence-corrected chi connectivity index (χ4v) is 2.74. The molecule has 3 rings (SSSR count). The zero-order valence-electron chi connectivity index (χ0n) is 16.2. The Morgan fingerprint density at radius 1 is 1.32 bits per heavy atom. The van der Waals surface area contributed by atoms with E-state index in [9.17, 15) is 9.59 Å². The number of nitrogens with zero attached hydrogens (tertiary/aromatic N) is 4. The van der Waals surface area contributed by atoms with Gasteiger partial charge in [0, 0.05) is 13.6 Å². The molecule has 0 radical (unpaired) electrons. The number of nitrogens with one attached hydrogen (secondary N) is 2. The summed E-state index contributed by atoms with van der Waals surface area (Å²) >= 11 is 0. The lowest BCUT2D eigenvalue weighted by molar-refractivity contribution is 0.415. The van der Waals surface area contributed by atoms with Gasteiger partial charge in [0.15, 0.2) is 11.2 Å². The second kappa shape index (κ2) is 7.95. The van der Waals surface area contributed by atoms with Crippen molar-refractivity contribution in [2.45, 2.75) is 20.4 Å². The molecule has 0 saturated heterocycles. The third-order valence-corrected chi connectivity index (χ3v) is 4.36. The Balaban J connectivity index is 2.03. The van der Waals surface area contributed by atoms with Crippen LogP contribution in [-0.4, -0.2) is 31.9 Å². The van der Waals surface area contributed by atoms with Gasteiger partial charge in [-0.3, -0.25) is 18.9 Å². The fraction of sp³-hybridized carbons (Fsp3) is 0.263. The van der Waals surface area contributed by atoms with Crippen molar-refractivity contribution in [2.24, 2.45) is 12.1 Å². The molecule has 1 aromatic carbocycles. The van der Waals surface area contributed by atoms with Gasteiger partial charge in [0.2, 0.25) is 5.95 Å². The highest BCUT2D eigenvalue weighted by Gasteiger charge is 2.16. The average molecular weight is 382 g/mol. The molecule has 0 aliphatic carbocycles. The largest absolute Gasteiger partial charge is 0.497 e. The first-order chi connectivity index (χ1) is 13.5. The summed E-state index contributed by atoms with van der Waals surface area (Å²) in [4.78, 5) is 30.9. The number of aryl methyl sites for hydroxylation is 1. The summed E-state index contributed by atoms with van der Waals surface area (Å²) in [5, 5.41) is 4.38. The summed E-state index contributed by atoms with van der Waals surface area (Å²) in [6.45, 7) is 4.15. The lowest BCUT2D eigenvalue weighted by Crippen LogP contribution is -2.29. The smallest absolute Gasteiger partial charge is 0.329 e. The summed E-state index contributed by atoms with van der Waals surface area (Å²) in [5.41, 5.74) is 4.15. The number of hydrogen-bond donors (Lipinski definition) is 2. The predicted octanol–water partition coefficient (Wildman–Crippen LogP) is 1.84. The number of hydrazone groups is 1. The van der Waals surface area contributed by atoms with E-state index in [4.69, 9.17) is 4.74 Å². The Morgan fingerprint density at radius 2 is 2.04 bits per heavy atom. The standard InChI is InChI=1S/C19H22N6O3/c1-5-6-11-25-15-16(24(3)19(27)21-17(15)26)20-18(25)23-22-12(2)13-7-9-14(28-4)10-8-13/h5-10H,11H2,1-4H3,(H,20,23)(H,21,26,27)/b6-5+,22-12-. The average Bonchev–Trinajstić information content (AvgIpc) is 3.07. The summed E-state index contributed by atoms with van der Waals surface area (Å²) in [5.74, 6) is 1.13. The maximum atomic E-state index is 12.3. The second-order valence-corrected chi connectivity index (χ2v) is 6.14. The SMILES string of the molecule is C/C=C/Cn1c(N/N=C(/C)c2ccc(OC)cc2)nc2c1c(=O)[nH]c(=O)n2C. The minimum atomic E-state index is -0.516. The van der Waals surface area contributed by atoms with E-state index in [1.165, 1.54) is 4.57 Å². The molecule has 2 aromatic heterocycles. The molecule has 146 valence electrons. The molecule has 0 aliphatic rings. The van der Waals surface area contributed by atoms with E-state index in [1.807, 2.05) is 50.3 Å². The van der Waals surface area contributed by atoms with Crippen molar-refractivity contribution in [1.82, 2.24) is 19.1 Å². The van der Waals surface area contributed by atoms with Gasteiger partial charge in [-0.05, 0) is 43.7 Å². The number of hydrogen-bond acceptors (Lipinski definition) is 6. The van der Waals surface area contributed by atoms with Crippen molar-refractivity contribution in [3.8, 4) is 5.75 Å². The van der Waals surface area contributed by atoms with E-state index < -0.39 is 11.2 Å². The highest BCUT2D eigenvalue weighted by atomic mass is 16.5. The zero-order valence-corrected chi connectivity index (χ0v) is 16.2. The molecule has 3 aromatic rings. The third-order valence-electron chi connectivity index (χ3n) is 4.36. The zero-order chi connectivity index (χ0) is 20.3. The van der Waals surface area contributed by atoms with Crippen LogP contribution >= 0.6 is 0 Å². The van der Waals surface area contributed by atoms with Crippen molar-refractivity contribution < 1.29 is 4.74 Å². The van der Waals surface area contributed by atoms with Crippen LogP contribution in [0.15, 0.2) is 51.1 Å². The quantitative estimate of drug-likeness (QED) is 0.384. The Labute approximate surface area is 161 Å². The first kappa shape index (κ1) is 19.2. The van der Waals surface area contributed by atoms with E-state index in [2.05, 4.69) is 20.5 Å². The van der Waals surface area contributed by atoms with Gasteiger partial charge in [0.25, 0.3) is 5.56 Å². The van der Waals surface area contributed by atoms with Crippen LogP contribution in [-0.2, 0) is 13.6 Å². The number of aromatic amines is 1. The van der Waals surface area contributed by atoms with Crippen LogP contribution in [0.3, 0.4) is 0 Å². The molecule has 2 heterocycles. The van der Waals surface area contributed by atoms with Crippen molar-refractivity contribution in [3.63, 3.8) is 0 Å². The third kappa shape index (κ3) is 3.59. The number of ether oxygens (including phenoxy) is 1. The predicted molar refractivity (Wildman–Crippen MR) is 109 cm³/mol. The van der Waals surface area contributed by atoms with Crippen LogP contribution < -0.4 is 21.4 Å². The number of allylic oxidation sites excluding steroid dienone is 2. The number of rotatable bonds is 6. The van der Waals surface area contributed by atoms with Crippen LogP contribution in [0, 0.1) is 0 Å². The summed E-state index contributed by atoms with van der Waals surface area (Å²) < 4.78 is 8.14. The van der Waals surface area contributed by atoms with E-state index >= 15 is 0 Å². The van der Waals surface area contributed by atoms with Crippen molar-refractivity contribution >= 4 is 22.8 Å². The van der Waals surface area contributed by atoms with E-state index in [-0.39, 0.29) is 5.65 Å². The van der Waals surface area contributed by atoms with Crippen molar-refractivity contribution in [1.29, 1.82) is 0 Å². The monoisotopic (exact) mass is 382 g/mol. The van der Waals surface area contributed by atoms with Gasteiger partial charge in [-0.1, -0.05) is 12.2 Å². The van der Waals surface area contributed by atoms with Gasteiger partial charge in [0.05, 0.1) is 12.8 Å². The number of benzene rings is 1. The first-order valence-corrected chi connectivity index (χ1v) is 8.71. The number of aromatic nitrogens is 4. The van der Waals surface area contributed by atoms with Crippen molar-refractivity contribution in [2.75, 3.05) is 12.5 Å². The molecular formula is C19H22N6O3. The van der Waals surface area contributed by atoms with Gasteiger partial charge in [-0.15, -0.1) is 0 Å². The number of imidazole rings is 1. The van der Waals surface area contributed by atoms with Gasteiger partial charge in [0.1, 0.15) is 5.75 Å². The summed E-state index contributed by atoms with van der Waals surface area (Å²) in [6, 6.07) is 7.50. The minimum Gasteiger partial charge on any atom is -0.497 e. The van der Waals surface area contributed by atoms with Crippen molar-refractivity contribution in [3.05, 3.63) is 62.8 Å². The van der Waals surface area contributed by atoms with E-state index in [0.717, 1.165) is 17.0 Å². The first-order valence-electron chi connectivity index (χ1n) is 8.71. The number of H-pyrrole nitrogens is 1. The van der Waals surface area contributed by atoms with Crippen LogP contribution in [0.5, 0.6) is 5.75 Å². The number of methoxy groups -OCH3 is 1. The second-order valence-electron chi connectivity index (χ2n) is 6.14. The Bertz CT molecular complexity index is 1170. The van der Waals surface area contributed by atoms with E-state index in [1.54, 1.807) is 18.7 Å². The highest BCUT2D eigenvalue weighted by Crippen LogP contribution is 2.16. The highest BCUT2D eigenvalue weighted by molar-refractivity contribution is 5.99. The number of fused-ring (bicyclic) bond motifs is 1. The van der Waals surface area contributed by atoms with Gasteiger partial charge in [-0.2, -0.15) is 10.1 Å². The topological polar surface area (TPSA) is 106 Å². The summed E-state index contributed by atoms with van der Waals surface area (Å²) in [6.07, 6.45) is 3.76. The lowest BCUT2D eigenvalue weighted by atomic mass is 10.1. The maximum Gasteiger partial charge on any atom is 0.329 e.